The highest BCUT2D eigenvalue weighted by molar-refractivity contribution is 6.43. The number of nitrogens with zero attached hydrogens (tertiary/aromatic N) is 1. The normalized spacial score (nSPS) is 15.1. The zero-order valence-corrected chi connectivity index (χ0v) is 9.15. The number of ketones is 1. The molecule has 1 N–H and O–H groups in total. The predicted octanol–water partition coefficient (Wildman–Crippen LogP) is 0.666. The van der Waals surface area contributed by atoms with Crippen LogP contribution in [0.25, 0.3) is 0 Å². The van der Waals surface area contributed by atoms with Gasteiger partial charge in [0.25, 0.3) is 5.91 Å². The quantitative estimate of drug-likeness (QED) is 0.786. The Morgan fingerprint density at radius 1 is 1.35 bits per heavy atom. The Kier molecular flexibility index (Phi) is 3.19. The number of anilines is 1. The lowest BCUT2D eigenvalue weighted by molar-refractivity contribution is -0.136. The number of rotatable bonds is 3. The van der Waals surface area contributed by atoms with Crippen LogP contribution in [0.15, 0.2) is 18.2 Å². The van der Waals surface area contributed by atoms with Crippen molar-refractivity contribution in [3.63, 3.8) is 0 Å². The smallest absolute Gasteiger partial charge is 0.294 e. The van der Waals surface area contributed by atoms with Gasteiger partial charge in [0.15, 0.2) is 0 Å². The van der Waals surface area contributed by atoms with E-state index in [4.69, 9.17) is 5.11 Å². The minimum Gasteiger partial charge on any atom is -0.396 e. The molecule has 0 spiro atoms. The number of benzene rings is 1. The molecule has 0 saturated carbocycles. The molecule has 0 unspecified atom stereocenters. The van der Waals surface area contributed by atoms with Gasteiger partial charge in [-0.1, -0.05) is 6.07 Å². The number of carbonyl (C=O) groups is 2. The Balaban J connectivity index is 2.42. The first kappa shape index (κ1) is 11.7. The number of amides is 1. The average molecular weight is 237 g/mol. The molecule has 17 heavy (non-hydrogen) atoms. The van der Waals surface area contributed by atoms with Crippen molar-refractivity contribution < 1.29 is 19.1 Å². The van der Waals surface area contributed by atoms with Crippen LogP contribution in [0.1, 0.15) is 12.0 Å². The molecule has 0 bridgehead atoms. The lowest BCUT2D eigenvalue weighted by atomic mass is 9.99. The minimum atomic E-state index is -0.628. The monoisotopic (exact) mass is 237 g/mol. The second-order valence-corrected chi connectivity index (χ2v) is 3.87. The minimum absolute atomic E-state index is 0.0807. The molecule has 1 aromatic rings. The number of aliphatic hydroxyl groups is 1. The van der Waals surface area contributed by atoms with Gasteiger partial charge in [-0.2, -0.15) is 0 Å². The molecular formula is C12H12FNO3. The van der Waals surface area contributed by atoms with Crippen molar-refractivity contribution in [2.75, 3.05) is 18.1 Å². The number of aliphatic hydroxyl groups excluding tert-OH is 1. The lowest BCUT2D eigenvalue weighted by Crippen LogP contribution is -2.42. The van der Waals surface area contributed by atoms with E-state index >= 15 is 0 Å². The van der Waals surface area contributed by atoms with Gasteiger partial charge >= 0.3 is 0 Å². The molecule has 90 valence electrons. The summed E-state index contributed by atoms with van der Waals surface area (Å²) in [5, 5.41) is 8.75. The second-order valence-electron chi connectivity index (χ2n) is 3.87. The summed E-state index contributed by atoms with van der Waals surface area (Å²) in [4.78, 5) is 24.4. The van der Waals surface area contributed by atoms with Crippen LogP contribution in [-0.2, 0) is 16.0 Å². The molecule has 1 aliphatic rings. The standard InChI is InChI=1S/C12H12FNO3/c13-9-3-1-4-10-8(9)7-11(16)12(17)14(10)5-2-6-15/h1,3-4,15H,2,5-7H2. The molecule has 0 fully saturated rings. The molecule has 1 amide bonds. The third kappa shape index (κ3) is 2.06. The van der Waals surface area contributed by atoms with E-state index in [1.807, 2.05) is 0 Å². The first-order valence-corrected chi connectivity index (χ1v) is 5.38. The maximum absolute atomic E-state index is 13.5. The molecule has 1 aliphatic heterocycles. The van der Waals surface area contributed by atoms with E-state index in [0.717, 1.165) is 0 Å². The SMILES string of the molecule is O=C1Cc2c(F)cccc2N(CCCO)C1=O. The van der Waals surface area contributed by atoms with E-state index in [1.165, 1.54) is 17.0 Å². The fraction of sp³-hybridized carbons (Fsp3) is 0.333. The summed E-state index contributed by atoms with van der Waals surface area (Å²) in [5.74, 6) is -1.71. The fourth-order valence-electron chi connectivity index (χ4n) is 1.92. The molecular weight excluding hydrogens is 225 g/mol. The predicted molar refractivity (Wildman–Crippen MR) is 59.2 cm³/mol. The van der Waals surface area contributed by atoms with Gasteiger partial charge < -0.3 is 10.0 Å². The van der Waals surface area contributed by atoms with Crippen LogP contribution < -0.4 is 4.90 Å². The van der Waals surface area contributed by atoms with Crippen molar-refractivity contribution >= 4 is 17.4 Å². The van der Waals surface area contributed by atoms with Gasteiger partial charge in [-0.25, -0.2) is 4.39 Å². The summed E-state index contributed by atoms with van der Waals surface area (Å²) in [7, 11) is 0. The number of Topliss-reactive ketones (excluding diaryl/α,β-unsaturated/α-hetero) is 1. The highest BCUT2D eigenvalue weighted by Crippen LogP contribution is 2.28. The van der Waals surface area contributed by atoms with Crippen molar-refractivity contribution in [3.8, 4) is 0 Å². The van der Waals surface area contributed by atoms with E-state index in [2.05, 4.69) is 0 Å². The number of halogens is 1. The van der Waals surface area contributed by atoms with Crippen LogP contribution in [0.4, 0.5) is 10.1 Å². The van der Waals surface area contributed by atoms with Crippen LogP contribution in [0.2, 0.25) is 0 Å². The van der Waals surface area contributed by atoms with Gasteiger partial charge in [0, 0.05) is 25.1 Å². The van der Waals surface area contributed by atoms with E-state index in [-0.39, 0.29) is 25.1 Å². The maximum Gasteiger partial charge on any atom is 0.294 e. The molecule has 0 atom stereocenters. The zero-order valence-electron chi connectivity index (χ0n) is 9.15. The Morgan fingerprint density at radius 3 is 2.82 bits per heavy atom. The molecule has 1 heterocycles. The molecule has 0 aromatic heterocycles. The first-order valence-electron chi connectivity index (χ1n) is 5.38. The summed E-state index contributed by atoms with van der Waals surface area (Å²) >= 11 is 0. The third-order valence-electron chi connectivity index (χ3n) is 2.75. The molecule has 0 saturated heterocycles. The van der Waals surface area contributed by atoms with Gasteiger partial charge in [-0.05, 0) is 18.6 Å². The van der Waals surface area contributed by atoms with Crippen LogP contribution in [0.5, 0.6) is 0 Å². The van der Waals surface area contributed by atoms with Gasteiger partial charge in [0.1, 0.15) is 5.82 Å². The van der Waals surface area contributed by atoms with E-state index < -0.39 is 17.5 Å². The summed E-state index contributed by atoms with van der Waals surface area (Å²) in [6.45, 7) is 0.139. The number of hydrogen-bond acceptors (Lipinski definition) is 3. The Morgan fingerprint density at radius 2 is 2.12 bits per heavy atom. The van der Waals surface area contributed by atoms with E-state index in [0.29, 0.717) is 12.1 Å². The van der Waals surface area contributed by atoms with Crippen LogP contribution >= 0.6 is 0 Å². The topological polar surface area (TPSA) is 57.6 Å². The van der Waals surface area contributed by atoms with Crippen LogP contribution in [-0.4, -0.2) is 29.9 Å². The number of fused-ring (bicyclic) bond motifs is 1. The molecule has 1 aromatic carbocycles. The third-order valence-corrected chi connectivity index (χ3v) is 2.75. The van der Waals surface area contributed by atoms with Crippen LogP contribution in [0, 0.1) is 5.82 Å². The van der Waals surface area contributed by atoms with E-state index in [1.54, 1.807) is 6.07 Å². The summed E-state index contributed by atoms with van der Waals surface area (Å²) < 4.78 is 13.5. The van der Waals surface area contributed by atoms with Crippen molar-refractivity contribution in [2.45, 2.75) is 12.8 Å². The average Bonchev–Trinajstić information content (AvgIpc) is 2.31. The zero-order chi connectivity index (χ0) is 12.4. The van der Waals surface area contributed by atoms with Gasteiger partial charge in [0.05, 0.1) is 5.69 Å². The van der Waals surface area contributed by atoms with Gasteiger partial charge in [-0.3, -0.25) is 9.59 Å². The summed E-state index contributed by atoms with van der Waals surface area (Å²) in [6, 6.07) is 4.38. The van der Waals surface area contributed by atoms with Crippen LogP contribution in [0.3, 0.4) is 0 Å². The highest BCUT2D eigenvalue weighted by Gasteiger charge is 2.32. The highest BCUT2D eigenvalue weighted by atomic mass is 19.1. The molecule has 0 radical (unpaired) electrons. The van der Waals surface area contributed by atoms with Crippen molar-refractivity contribution in [3.05, 3.63) is 29.6 Å². The van der Waals surface area contributed by atoms with Gasteiger partial charge in [-0.15, -0.1) is 0 Å². The van der Waals surface area contributed by atoms with Crippen molar-refractivity contribution in [1.82, 2.24) is 0 Å². The van der Waals surface area contributed by atoms with Crippen molar-refractivity contribution in [2.24, 2.45) is 0 Å². The molecule has 4 nitrogen and oxygen atoms in total. The summed E-state index contributed by atoms with van der Waals surface area (Å²) in [5.41, 5.74) is 0.693. The first-order chi connectivity index (χ1) is 8.15. The maximum atomic E-state index is 13.5. The Labute approximate surface area is 97.7 Å². The molecule has 0 aliphatic carbocycles. The Hall–Kier alpha value is -1.75. The number of hydrogen-bond donors (Lipinski definition) is 1. The number of carbonyl (C=O) groups excluding carboxylic acids is 2. The fourth-order valence-corrected chi connectivity index (χ4v) is 1.92. The Bertz CT molecular complexity index is 473. The molecule has 2 rings (SSSR count). The lowest BCUT2D eigenvalue weighted by Gasteiger charge is -2.28. The summed E-state index contributed by atoms with van der Waals surface area (Å²) in [6.07, 6.45) is 0.172. The van der Waals surface area contributed by atoms with E-state index in [9.17, 15) is 14.0 Å². The second kappa shape index (κ2) is 4.63. The molecule has 5 heteroatoms. The van der Waals surface area contributed by atoms with Crippen molar-refractivity contribution in [1.29, 1.82) is 0 Å². The largest absolute Gasteiger partial charge is 0.396 e. The van der Waals surface area contributed by atoms with Gasteiger partial charge in [0.2, 0.25) is 5.78 Å².